The van der Waals surface area contributed by atoms with E-state index in [0.29, 0.717) is 30.4 Å². The van der Waals surface area contributed by atoms with Crippen molar-refractivity contribution >= 4 is 27.5 Å². The van der Waals surface area contributed by atoms with Crippen molar-refractivity contribution in [1.82, 2.24) is 14.9 Å². The van der Waals surface area contributed by atoms with Crippen LogP contribution >= 0.6 is 21.6 Å². The first-order chi connectivity index (χ1) is 16.7. The van der Waals surface area contributed by atoms with Crippen LogP contribution in [0, 0.1) is 0 Å². The number of aromatic nitrogens is 2. The molecule has 1 aliphatic carbocycles. The van der Waals surface area contributed by atoms with E-state index < -0.39 is 38.3 Å². The molecule has 0 spiro atoms. The Morgan fingerprint density at radius 3 is 2.56 bits per heavy atom. The van der Waals surface area contributed by atoms with Crippen LogP contribution in [0.5, 0.6) is 0 Å². The molecule has 194 valence electrons. The van der Waals surface area contributed by atoms with Gasteiger partial charge < -0.3 is 15.0 Å². The number of carbonyl (C=O) groups excluding carboxylic acids is 1. The fraction of sp³-hybridized carbons (Fsp3) is 0.348. The van der Waals surface area contributed by atoms with Crippen LogP contribution in [0.4, 0.5) is 19.4 Å². The highest BCUT2D eigenvalue weighted by Gasteiger charge is 2.65. The van der Waals surface area contributed by atoms with Crippen LogP contribution in [-0.2, 0) is 23.2 Å². The van der Waals surface area contributed by atoms with E-state index in [4.69, 9.17) is 4.98 Å². The zero-order chi connectivity index (χ0) is 26.0. The topological polar surface area (TPSA) is 86.3 Å². The number of rotatable bonds is 5. The van der Waals surface area contributed by atoms with Gasteiger partial charge in [-0.05, 0) is 54.8 Å². The highest BCUT2D eigenvalue weighted by molar-refractivity contribution is 8.45. The summed E-state index contributed by atoms with van der Waals surface area (Å²) in [6, 6.07) is 5.92. The summed E-state index contributed by atoms with van der Waals surface area (Å²) in [6.07, 6.45) is 0.394. The molecule has 2 aliphatic rings. The predicted octanol–water partition coefficient (Wildman–Crippen LogP) is 5.58. The third-order valence-electron chi connectivity index (χ3n) is 6.65. The summed E-state index contributed by atoms with van der Waals surface area (Å²) in [5.74, 6) is -0.413. The molecule has 6 nitrogen and oxygen atoms in total. The Bertz CT molecular complexity index is 1400. The Balaban J connectivity index is 1.41. The number of aryl methyl sites for hydroxylation is 1. The second-order valence-electron chi connectivity index (χ2n) is 9.21. The summed E-state index contributed by atoms with van der Waals surface area (Å²) in [5, 5.41) is 12.4. The first-order valence-electron chi connectivity index (χ1n) is 11.2. The summed E-state index contributed by atoms with van der Waals surface area (Å²) in [4.78, 5) is 33.6. The van der Waals surface area contributed by atoms with Crippen LogP contribution in [0.2, 0.25) is 0 Å². The number of thiophene rings is 1. The van der Waals surface area contributed by atoms with E-state index in [-0.39, 0.29) is 36.2 Å². The number of aromatic amines is 1. The largest absolute Gasteiger partial charge is 0.378 e. The normalized spacial score (nSPS) is 20.0. The highest BCUT2D eigenvalue weighted by Crippen LogP contribution is 3.02. The Hall–Kier alpha value is -2.77. The van der Waals surface area contributed by atoms with Gasteiger partial charge in [-0.2, -0.15) is 0 Å². The number of hydrogen-bond donors (Lipinski definition) is 2. The minimum absolute atomic E-state index is 0.0934. The number of benzene rings is 1. The maximum Gasteiger partial charge on any atom is 0.310 e. The van der Waals surface area contributed by atoms with Gasteiger partial charge in [-0.1, -0.05) is 37.6 Å². The SMILES string of the molecule is O=C(C(O)c1cccc(S(F)(F)(F)(F)F)c1)N1CCCc2nc(C3(c4cccs4)CC3)[nH]c(=O)c2C1. The average molecular weight is 548 g/mol. The maximum atomic E-state index is 13.2. The molecule has 0 bridgehead atoms. The van der Waals surface area contributed by atoms with Gasteiger partial charge in [-0.25, -0.2) is 4.98 Å². The molecule has 2 aromatic heterocycles. The number of carbonyl (C=O) groups is 1. The quantitative estimate of drug-likeness (QED) is 0.409. The van der Waals surface area contributed by atoms with Gasteiger partial charge in [-0.3, -0.25) is 9.59 Å². The number of aliphatic hydroxyl groups excluding tert-OH is 1. The molecule has 13 heteroatoms. The fourth-order valence-corrected chi connectivity index (χ4v) is 6.23. The van der Waals surface area contributed by atoms with Crippen LogP contribution in [0.15, 0.2) is 51.5 Å². The van der Waals surface area contributed by atoms with Crippen LogP contribution in [0.1, 0.15) is 52.9 Å². The van der Waals surface area contributed by atoms with Crippen molar-refractivity contribution in [3.05, 3.63) is 79.7 Å². The fourth-order valence-electron chi connectivity index (χ4n) is 4.55. The molecule has 1 aromatic carbocycles. The van der Waals surface area contributed by atoms with Gasteiger partial charge in [0.15, 0.2) is 6.10 Å². The van der Waals surface area contributed by atoms with Crippen LogP contribution < -0.4 is 5.56 Å². The van der Waals surface area contributed by atoms with Crippen molar-refractivity contribution < 1.29 is 29.3 Å². The van der Waals surface area contributed by atoms with E-state index in [1.54, 1.807) is 11.3 Å². The van der Waals surface area contributed by atoms with E-state index in [9.17, 15) is 34.1 Å². The Morgan fingerprint density at radius 1 is 1.17 bits per heavy atom. The smallest absolute Gasteiger partial charge is 0.310 e. The molecule has 0 saturated heterocycles. The monoisotopic (exact) mass is 547 g/mol. The van der Waals surface area contributed by atoms with Gasteiger partial charge in [0.25, 0.3) is 11.5 Å². The summed E-state index contributed by atoms with van der Waals surface area (Å²) >= 11 is 1.58. The molecule has 5 rings (SSSR count). The average Bonchev–Trinajstić information content (AvgIpc) is 3.49. The van der Waals surface area contributed by atoms with Crippen molar-refractivity contribution in [3.63, 3.8) is 0 Å². The van der Waals surface area contributed by atoms with Gasteiger partial charge in [0.1, 0.15) is 10.7 Å². The van der Waals surface area contributed by atoms with Gasteiger partial charge in [0, 0.05) is 11.4 Å². The summed E-state index contributed by atoms with van der Waals surface area (Å²) in [5.41, 5.74) is -0.586. The van der Waals surface area contributed by atoms with Crippen molar-refractivity contribution in [3.8, 4) is 0 Å². The molecule has 0 radical (unpaired) electrons. The number of hydrogen-bond acceptors (Lipinski definition) is 5. The van der Waals surface area contributed by atoms with Gasteiger partial charge >= 0.3 is 10.2 Å². The molecular weight excluding hydrogens is 525 g/mol. The van der Waals surface area contributed by atoms with E-state index in [1.165, 1.54) is 0 Å². The second kappa shape index (κ2) is 7.62. The zero-order valence-corrected chi connectivity index (χ0v) is 20.4. The number of fused-ring (bicyclic) bond motifs is 1. The lowest BCUT2D eigenvalue weighted by atomic mass is 10.0. The lowest BCUT2D eigenvalue weighted by Crippen LogP contribution is -2.36. The van der Waals surface area contributed by atoms with Crippen LogP contribution in [-0.4, -0.2) is 32.4 Å². The Kier molecular flexibility index (Phi) is 5.27. The van der Waals surface area contributed by atoms with E-state index >= 15 is 0 Å². The lowest BCUT2D eigenvalue weighted by molar-refractivity contribution is -0.141. The third kappa shape index (κ3) is 4.55. The van der Waals surface area contributed by atoms with Crippen molar-refractivity contribution in [2.75, 3.05) is 6.54 Å². The highest BCUT2D eigenvalue weighted by atomic mass is 32.5. The molecule has 1 amide bonds. The van der Waals surface area contributed by atoms with Gasteiger partial charge in [0.05, 0.1) is 23.2 Å². The molecule has 36 heavy (non-hydrogen) atoms. The molecule has 1 aliphatic heterocycles. The predicted molar refractivity (Wildman–Crippen MR) is 126 cm³/mol. The molecule has 3 heterocycles. The summed E-state index contributed by atoms with van der Waals surface area (Å²) in [6.45, 7) is -0.0978. The minimum atomic E-state index is -9.99. The van der Waals surface area contributed by atoms with E-state index in [2.05, 4.69) is 4.98 Å². The van der Waals surface area contributed by atoms with Crippen LogP contribution in [0.25, 0.3) is 0 Å². The maximum absolute atomic E-state index is 13.2. The Morgan fingerprint density at radius 2 is 1.92 bits per heavy atom. The number of nitrogens with zero attached hydrogens (tertiary/aromatic N) is 2. The van der Waals surface area contributed by atoms with Gasteiger partial charge in [-0.15, -0.1) is 11.3 Å². The van der Waals surface area contributed by atoms with Crippen LogP contribution in [0.3, 0.4) is 0 Å². The number of H-pyrrole nitrogens is 1. The molecule has 2 N–H and O–H groups in total. The molecule has 1 unspecified atom stereocenters. The molecular formula is C23H22F5N3O3S2. The van der Waals surface area contributed by atoms with E-state index in [1.807, 2.05) is 17.5 Å². The molecule has 3 aromatic rings. The number of nitrogens with one attached hydrogen (secondary N) is 1. The molecule has 1 saturated carbocycles. The zero-order valence-electron chi connectivity index (χ0n) is 18.7. The second-order valence-corrected chi connectivity index (χ2v) is 12.6. The van der Waals surface area contributed by atoms with Crippen molar-refractivity contribution in [2.45, 2.75) is 48.6 Å². The van der Waals surface area contributed by atoms with Crippen molar-refractivity contribution in [1.29, 1.82) is 0 Å². The number of amides is 1. The lowest BCUT2D eigenvalue weighted by Gasteiger charge is -2.40. The standard InChI is InChI=1S/C23H22F5N3O3S2/c24-36(25,26,27,28)15-5-1-4-14(12-15)19(32)21(34)31-10-2-6-17-16(13-31)20(33)30-22(29-17)23(8-9-23)18-7-3-11-35-18/h1,3-5,7,11-12,19,32H,2,6,8-10,13H2,(H,29,30,33). The number of aliphatic hydroxyl groups is 1. The van der Waals surface area contributed by atoms with Gasteiger partial charge in [0.2, 0.25) is 0 Å². The summed E-state index contributed by atoms with van der Waals surface area (Å²) in [7, 11) is -9.99. The summed E-state index contributed by atoms with van der Waals surface area (Å²) < 4.78 is 66.0. The minimum Gasteiger partial charge on any atom is -0.378 e. The third-order valence-corrected chi connectivity index (χ3v) is 8.87. The molecule has 1 fully saturated rings. The first-order valence-corrected chi connectivity index (χ1v) is 14.0. The molecule has 1 atom stereocenters. The van der Waals surface area contributed by atoms with Crippen molar-refractivity contribution in [2.24, 2.45) is 0 Å². The number of halogens is 5. The Labute approximate surface area is 206 Å². The first kappa shape index (κ1) is 24.9. The van der Waals surface area contributed by atoms with E-state index in [0.717, 1.165) is 28.7 Å².